The molecular formula is C27H21F3N2O4. The van der Waals surface area contributed by atoms with Crippen LogP contribution in [-0.4, -0.2) is 26.2 Å². The Kier molecular flexibility index (Phi) is 5.99. The van der Waals surface area contributed by atoms with E-state index in [1.807, 2.05) is 0 Å². The Balaban J connectivity index is 1.45. The zero-order chi connectivity index (χ0) is 25.6. The van der Waals surface area contributed by atoms with Crippen LogP contribution in [0.5, 0.6) is 5.75 Å². The number of aryl methyl sites for hydroxylation is 1. The highest BCUT2D eigenvalue weighted by atomic mass is 19.1. The summed E-state index contributed by atoms with van der Waals surface area (Å²) < 4.78 is 48.9. The van der Waals surface area contributed by atoms with Crippen LogP contribution in [0.4, 0.5) is 13.2 Å². The molecule has 0 unspecified atom stereocenters. The van der Waals surface area contributed by atoms with Crippen LogP contribution in [0.25, 0.3) is 5.65 Å². The number of carboxylic acids is 1. The fourth-order valence-corrected chi connectivity index (χ4v) is 4.94. The minimum absolute atomic E-state index is 0.101. The van der Waals surface area contributed by atoms with Gasteiger partial charge >= 0.3 is 5.97 Å². The van der Waals surface area contributed by atoms with Gasteiger partial charge in [0.15, 0.2) is 17.2 Å². The number of nitrogens with zero attached hydrogens (tertiary/aromatic N) is 2. The number of ketones is 1. The van der Waals surface area contributed by atoms with Gasteiger partial charge in [0.1, 0.15) is 29.8 Å². The van der Waals surface area contributed by atoms with Gasteiger partial charge in [-0.2, -0.15) is 0 Å². The predicted octanol–water partition coefficient (Wildman–Crippen LogP) is 5.25. The molecule has 0 amide bonds. The van der Waals surface area contributed by atoms with Crippen LogP contribution in [0.1, 0.15) is 45.2 Å². The maximum Gasteiger partial charge on any atom is 0.307 e. The number of aliphatic carboxylic acids is 1. The summed E-state index contributed by atoms with van der Waals surface area (Å²) in [5.41, 5.74) is 1.96. The number of halogens is 3. The van der Waals surface area contributed by atoms with E-state index in [1.54, 1.807) is 31.3 Å². The Morgan fingerprint density at radius 2 is 1.86 bits per heavy atom. The summed E-state index contributed by atoms with van der Waals surface area (Å²) in [7, 11) is 0. The number of hydrogen-bond acceptors (Lipinski definition) is 4. The minimum Gasteiger partial charge on any atom is -0.485 e. The highest BCUT2D eigenvalue weighted by Gasteiger charge is 2.39. The largest absolute Gasteiger partial charge is 0.485 e. The highest BCUT2D eigenvalue weighted by Crippen LogP contribution is 2.41. The molecule has 0 aliphatic heterocycles. The Bertz CT molecular complexity index is 1490. The van der Waals surface area contributed by atoms with Gasteiger partial charge in [-0.15, -0.1) is 0 Å². The molecule has 2 aromatic heterocycles. The number of ether oxygens (including phenoxy) is 1. The first-order valence-electron chi connectivity index (χ1n) is 11.3. The molecule has 2 atom stereocenters. The smallest absolute Gasteiger partial charge is 0.307 e. The summed E-state index contributed by atoms with van der Waals surface area (Å²) in [6.45, 7) is 1.27. The molecule has 2 aromatic carbocycles. The van der Waals surface area contributed by atoms with Crippen molar-refractivity contribution >= 4 is 17.4 Å². The molecule has 2 heterocycles. The van der Waals surface area contributed by atoms with Crippen LogP contribution in [0.15, 0.2) is 54.7 Å². The summed E-state index contributed by atoms with van der Waals surface area (Å²) in [5, 5.41) is 9.73. The molecule has 9 heteroatoms. The maximum atomic E-state index is 14.0. The molecule has 1 aliphatic rings. The van der Waals surface area contributed by atoms with Gasteiger partial charge in [0.05, 0.1) is 17.2 Å². The summed E-state index contributed by atoms with van der Waals surface area (Å²) in [6, 6.07) is 10.9. The lowest BCUT2D eigenvalue weighted by molar-refractivity contribution is -0.142. The van der Waals surface area contributed by atoms with Crippen LogP contribution in [0.2, 0.25) is 0 Å². The second-order valence-corrected chi connectivity index (χ2v) is 8.83. The Morgan fingerprint density at radius 3 is 2.58 bits per heavy atom. The molecule has 4 aromatic rings. The first kappa shape index (κ1) is 23.6. The topological polar surface area (TPSA) is 80.9 Å². The third-order valence-electron chi connectivity index (χ3n) is 6.64. The molecule has 0 bridgehead atoms. The zero-order valence-electron chi connectivity index (χ0n) is 19.2. The molecule has 0 spiro atoms. The molecule has 6 nitrogen and oxygen atoms in total. The van der Waals surface area contributed by atoms with Crippen molar-refractivity contribution in [2.45, 2.75) is 32.3 Å². The van der Waals surface area contributed by atoms with E-state index in [-0.39, 0.29) is 42.2 Å². The lowest BCUT2D eigenvalue weighted by Crippen LogP contribution is -2.21. The second-order valence-electron chi connectivity index (χ2n) is 8.83. The first-order valence-corrected chi connectivity index (χ1v) is 11.3. The number of carbonyl (C=O) groups is 2. The fraction of sp³-hybridized carbons (Fsp3) is 0.222. The Morgan fingerprint density at radius 1 is 1.11 bits per heavy atom. The van der Waals surface area contributed by atoms with E-state index in [9.17, 15) is 27.9 Å². The van der Waals surface area contributed by atoms with Crippen molar-refractivity contribution in [1.29, 1.82) is 0 Å². The molecule has 5 rings (SSSR count). The highest BCUT2D eigenvalue weighted by molar-refractivity contribution is 5.97. The molecule has 0 fully saturated rings. The van der Waals surface area contributed by atoms with E-state index in [2.05, 4.69) is 4.98 Å². The normalized spacial score (nSPS) is 16.8. The van der Waals surface area contributed by atoms with Gasteiger partial charge in [0.2, 0.25) is 0 Å². The van der Waals surface area contributed by atoms with Crippen molar-refractivity contribution in [2.75, 3.05) is 0 Å². The third kappa shape index (κ3) is 4.10. The number of Topliss-reactive ketones (excluding diaryl/α,β-unsaturated/α-hetero) is 1. The van der Waals surface area contributed by atoms with Crippen LogP contribution < -0.4 is 4.74 Å². The monoisotopic (exact) mass is 494 g/mol. The van der Waals surface area contributed by atoms with Gasteiger partial charge in [-0.1, -0.05) is 12.1 Å². The average molecular weight is 494 g/mol. The van der Waals surface area contributed by atoms with Crippen molar-refractivity contribution in [3.63, 3.8) is 0 Å². The van der Waals surface area contributed by atoms with E-state index < -0.39 is 35.3 Å². The van der Waals surface area contributed by atoms with Gasteiger partial charge in [-0.25, -0.2) is 18.2 Å². The number of carbonyl (C=O) groups excluding carboxylic acids is 1. The van der Waals surface area contributed by atoms with Gasteiger partial charge in [0, 0.05) is 18.5 Å². The van der Waals surface area contributed by atoms with Gasteiger partial charge < -0.3 is 9.84 Å². The van der Waals surface area contributed by atoms with E-state index >= 15 is 0 Å². The summed E-state index contributed by atoms with van der Waals surface area (Å²) in [6.07, 6.45) is 1.67. The van der Waals surface area contributed by atoms with E-state index in [0.717, 1.165) is 12.1 Å². The minimum atomic E-state index is -1.05. The van der Waals surface area contributed by atoms with Crippen molar-refractivity contribution in [1.82, 2.24) is 9.38 Å². The molecule has 0 saturated carbocycles. The van der Waals surface area contributed by atoms with Crippen LogP contribution in [0, 0.1) is 30.3 Å². The van der Waals surface area contributed by atoms with Crippen molar-refractivity contribution < 1.29 is 32.6 Å². The van der Waals surface area contributed by atoms with Crippen LogP contribution >= 0.6 is 0 Å². The molecule has 184 valence electrons. The number of aromatic nitrogens is 2. The van der Waals surface area contributed by atoms with Gasteiger partial charge in [0.25, 0.3) is 0 Å². The Hall–Kier alpha value is -4.14. The zero-order valence-corrected chi connectivity index (χ0v) is 19.2. The molecular weight excluding hydrogens is 473 g/mol. The lowest BCUT2D eigenvalue weighted by atomic mass is 9.87. The number of benzene rings is 2. The number of pyridine rings is 1. The van der Waals surface area contributed by atoms with Crippen molar-refractivity contribution in [3.05, 3.63) is 100 Å². The van der Waals surface area contributed by atoms with Gasteiger partial charge in [-0.05, 0) is 60.9 Å². The standard InChI is InChI=1S/C27H21F3N2O4/c1-14-25(23(33)12-18-17-8-7-16(28)10-15(17)11-19(18)27(34)35)32-9-3-6-24(26(32)31-14)36-13-20-21(29)4-2-5-22(20)30/h2-10,18-19H,11-13H2,1H3,(H,34,35)/t18-,19-/m1/s1. The van der Waals surface area contributed by atoms with E-state index in [0.29, 0.717) is 22.5 Å². The number of imidazole rings is 1. The summed E-state index contributed by atoms with van der Waals surface area (Å²) in [5.74, 6) is -4.53. The summed E-state index contributed by atoms with van der Waals surface area (Å²) in [4.78, 5) is 29.8. The number of rotatable bonds is 7. The molecule has 0 saturated heterocycles. The molecule has 1 N–H and O–H groups in total. The van der Waals surface area contributed by atoms with Crippen LogP contribution in [0.3, 0.4) is 0 Å². The van der Waals surface area contributed by atoms with E-state index in [1.165, 1.54) is 22.6 Å². The number of fused-ring (bicyclic) bond motifs is 2. The first-order chi connectivity index (χ1) is 17.2. The number of carboxylic acid groups (broad SMARTS) is 1. The lowest BCUT2D eigenvalue weighted by Gasteiger charge is -2.16. The second kappa shape index (κ2) is 9.14. The molecule has 1 aliphatic carbocycles. The number of hydrogen-bond donors (Lipinski definition) is 1. The summed E-state index contributed by atoms with van der Waals surface area (Å²) >= 11 is 0. The Labute approximate surface area is 204 Å². The maximum absolute atomic E-state index is 14.0. The van der Waals surface area contributed by atoms with Crippen molar-refractivity contribution in [3.8, 4) is 5.75 Å². The van der Waals surface area contributed by atoms with Crippen molar-refractivity contribution in [2.24, 2.45) is 5.92 Å². The predicted molar refractivity (Wildman–Crippen MR) is 124 cm³/mol. The van der Waals surface area contributed by atoms with Gasteiger partial charge in [-0.3, -0.25) is 14.0 Å². The quantitative estimate of drug-likeness (QED) is 0.355. The molecule has 36 heavy (non-hydrogen) atoms. The SMILES string of the molecule is Cc1nc2c(OCc3c(F)cccc3F)cccn2c1C(=O)C[C@@H]1c2ccc(F)cc2C[C@H]1C(=O)O. The van der Waals surface area contributed by atoms with Crippen LogP contribution in [-0.2, 0) is 17.8 Å². The average Bonchev–Trinajstić information content (AvgIpc) is 3.35. The molecule has 0 radical (unpaired) electrons. The third-order valence-corrected chi connectivity index (χ3v) is 6.64. The van der Waals surface area contributed by atoms with E-state index in [4.69, 9.17) is 4.74 Å². The fourth-order valence-electron chi connectivity index (χ4n) is 4.94.